The molecule has 1 N–H and O–H groups in total. The van der Waals surface area contributed by atoms with Crippen LogP contribution in [0, 0.1) is 0 Å². The first-order valence-electron chi connectivity index (χ1n) is 4.48. The lowest BCUT2D eigenvalue weighted by atomic mass is 10.3. The van der Waals surface area contributed by atoms with Crippen LogP contribution in [0.4, 0.5) is 5.69 Å². The van der Waals surface area contributed by atoms with E-state index in [1.54, 1.807) is 12.4 Å². The maximum atomic E-state index is 4.26. The number of rotatable bonds is 3. The second-order valence-corrected chi connectivity index (χ2v) is 2.99. The number of nitrogens with one attached hydrogen (secondary N) is 1. The van der Waals surface area contributed by atoms with E-state index in [2.05, 4.69) is 15.4 Å². The molecule has 0 atom stereocenters. The molecule has 0 aromatic carbocycles. The molecule has 0 aliphatic rings. The summed E-state index contributed by atoms with van der Waals surface area (Å²) in [6, 6.07) is 5.86. The van der Waals surface area contributed by atoms with Crippen LogP contribution in [0.1, 0.15) is 5.69 Å². The number of pyridine rings is 1. The smallest absolute Gasteiger partial charge is 0.0832 e. The van der Waals surface area contributed by atoms with Crippen LogP contribution in [0.3, 0.4) is 0 Å². The van der Waals surface area contributed by atoms with Crippen molar-refractivity contribution in [1.29, 1.82) is 0 Å². The molecule has 0 saturated heterocycles. The third-order valence-corrected chi connectivity index (χ3v) is 1.99. The Morgan fingerprint density at radius 1 is 1.43 bits per heavy atom. The van der Waals surface area contributed by atoms with E-state index in [0.29, 0.717) is 6.54 Å². The topological polar surface area (TPSA) is 42.7 Å². The second kappa shape index (κ2) is 3.91. The van der Waals surface area contributed by atoms with Gasteiger partial charge in [-0.05, 0) is 18.2 Å². The molecule has 0 bridgehead atoms. The van der Waals surface area contributed by atoms with Crippen molar-refractivity contribution in [2.45, 2.75) is 6.54 Å². The largest absolute Gasteiger partial charge is 0.388 e. The van der Waals surface area contributed by atoms with Crippen LogP contribution < -0.4 is 5.32 Å². The third kappa shape index (κ3) is 1.90. The number of hydrogen-bond donors (Lipinski definition) is 1. The average Bonchev–Trinajstić information content (AvgIpc) is 2.71. The van der Waals surface area contributed by atoms with E-state index in [1.807, 2.05) is 36.1 Å². The zero-order valence-electron chi connectivity index (χ0n) is 8.01. The number of hydrogen-bond acceptors (Lipinski definition) is 3. The van der Waals surface area contributed by atoms with E-state index in [1.165, 1.54) is 0 Å². The molecule has 0 saturated carbocycles. The van der Waals surface area contributed by atoms with Crippen molar-refractivity contribution in [3.63, 3.8) is 0 Å². The van der Waals surface area contributed by atoms with Gasteiger partial charge in [0, 0.05) is 31.3 Å². The molecule has 0 amide bonds. The van der Waals surface area contributed by atoms with Crippen LogP contribution in [-0.4, -0.2) is 21.8 Å². The molecule has 0 aliphatic carbocycles. The average molecular weight is 188 g/mol. The third-order valence-electron chi connectivity index (χ3n) is 1.99. The van der Waals surface area contributed by atoms with Gasteiger partial charge in [-0.3, -0.25) is 9.67 Å². The Morgan fingerprint density at radius 2 is 2.36 bits per heavy atom. The Kier molecular flexibility index (Phi) is 2.44. The number of aromatic nitrogens is 3. The van der Waals surface area contributed by atoms with Crippen LogP contribution in [-0.2, 0) is 6.54 Å². The Morgan fingerprint density at radius 3 is 3.07 bits per heavy atom. The SMILES string of the molecule is CNc1ccnc(Cn2cccn2)c1. The zero-order chi connectivity index (χ0) is 9.80. The van der Waals surface area contributed by atoms with Gasteiger partial charge in [0.2, 0.25) is 0 Å². The quantitative estimate of drug-likeness (QED) is 0.791. The van der Waals surface area contributed by atoms with Crippen LogP contribution in [0.2, 0.25) is 0 Å². The highest BCUT2D eigenvalue weighted by Gasteiger charge is 1.97. The molecule has 0 fully saturated rings. The van der Waals surface area contributed by atoms with Gasteiger partial charge in [0.05, 0.1) is 12.2 Å². The normalized spacial score (nSPS) is 10.1. The van der Waals surface area contributed by atoms with Crippen molar-refractivity contribution in [3.8, 4) is 0 Å². The maximum absolute atomic E-state index is 4.26. The van der Waals surface area contributed by atoms with Crippen molar-refractivity contribution in [3.05, 3.63) is 42.5 Å². The van der Waals surface area contributed by atoms with E-state index in [-0.39, 0.29) is 0 Å². The molecule has 0 radical (unpaired) electrons. The first-order valence-corrected chi connectivity index (χ1v) is 4.48. The van der Waals surface area contributed by atoms with Gasteiger partial charge in [-0.1, -0.05) is 0 Å². The predicted molar refractivity (Wildman–Crippen MR) is 55.1 cm³/mol. The Labute approximate surface area is 82.6 Å². The fraction of sp³-hybridized carbons (Fsp3) is 0.200. The molecule has 2 aromatic heterocycles. The van der Waals surface area contributed by atoms with Crippen LogP contribution in [0.15, 0.2) is 36.8 Å². The summed E-state index contributed by atoms with van der Waals surface area (Å²) in [6.45, 7) is 0.711. The summed E-state index contributed by atoms with van der Waals surface area (Å²) in [6.07, 6.45) is 5.49. The van der Waals surface area contributed by atoms with Gasteiger partial charge < -0.3 is 5.32 Å². The minimum absolute atomic E-state index is 0.711. The molecular formula is C10H12N4. The van der Waals surface area contributed by atoms with Gasteiger partial charge in [0.25, 0.3) is 0 Å². The van der Waals surface area contributed by atoms with Crippen molar-refractivity contribution >= 4 is 5.69 Å². The van der Waals surface area contributed by atoms with Crippen LogP contribution >= 0.6 is 0 Å². The molecule has 72 valence electrons. The Bertz CT molecular complexity index is 394. The lowest BCUT2D eigenvalue weighted by Gasteiger charge is -2.03. The standard InChI is InChI=1S/C10H12N4/c1-11-9-3-5-12-10(7-9)8-14-6-2-4-13-14/h2-7H,8H2,1H3,(H,11,12). The van der Waals surface area contributed by atoms with Crippen molar-refractivity contribution < 1.29 is 0 Å². The summed E-state index contributed by atoms with van der Waals surface area (Å²) in [5, 5.41) is 7.20. The highest BCUT2D eigenvalue weighted by atomic mass is 15.3. The predicted octanol–water partition coefficient (Wildman–Crippen LogP) is 1.37. The van der Waals surface area contributed by atoms with Gasteiger partial charge in [0.1, 0.15) is 0 Å². The highest BCUT2D eigenvalue weighted by molar-refractivity contribution is 5.42. The fourth-order valence-electron chi connectivity index (χ4n) is 1.28. The Hall–Kier alpha value is -1.84. The molecule has 2 aromatic rings. The van der Waals surface area contributed by atoms with Gasteiger partial charge >= 0.3 is 0 Å². The Balaban J connectivity index is 2.17. The van der Waals surface area contributed by atoms with Crippen molar-refractivity contribution in [1.82, 2.24) is 14.8 Å². The van der Waals surface area contributed by atoms with Gasteiger partial charge in [-0.15, -0.1) is 0 Å². The highest BCUT2D eigenvalue weighted by Crippen LogP contribution is 2.07. The van der Waals surface area contributed by atoms with E-state index < -0.39 is 0 Å². The van der Waals surface area contributed by atoms with Crippen molar-refractivity contribution in [2.75, 3.05) is 12.4 Å². The summed E-state index contributed by atoms with van der Waals surface area (Å²) >= 11 is 0. The molecule has 14 heavy (non-hydrogen) atoms. The molecule has 0 spiro atoms. The van der Waals surface area contributed by atoms with Gasteiger partial charge in [0.15, 0.2) is 0 Å². The lowest BCUT2D eigenvalue weighted by Crippen LogP contribution is -2.02. The minimum Gasteiger partial charge on any atom is -0.388 e. The van der Waals surface area contributed by atoms with E-state index in [9.17, 15) is 0 Å². The molecule has 0 unspecified atom stereocenters. The fourth-order valence-corrected chi connectivity index (χ4v) is 1.28. The van der Waals surface area contributed by atoms with Crippen LogP contribution in [0.25, 0.3) is 0 Å². The molecule has 4 heteroatoms. The van der Waals surface area contributed by atoms with Crippen LogP contribution in [0.5, 0.6) is 0 Å². The molecule has 2 rings (SSSR count). The molecule has 4 nitrogen and oxygen atoms in total. The zero-order valence-corrected chi connectivity index (χ0v) is 8.01. The maximum Gasteiger partial charge on any atom is 0.0832 e. The van der Waals surface area contributed by atoms with E-state index >= 15 is 0 Å². The summed E-state index contributed by atoms with van der Waals surface area (Å²) in [5.41, 5.74) is 2.07. The summed E-state index contributed by atoms with van der Waals surface area (Å²) in [5.74, 6) is 0. The molecule has 0 aliphatic heterocycles. The number of anilines is 1. The second-order valence-electron chi connectivity index (χ2n) is 2.99. The monoisotopic (exact) mass is 188 g/mol. The molecule has 2 heterocycles. The minimum atomic E-state index is 0.711. The molecular weight excluding hydrogens is 176 g/mol. The van der Waals surface area contributed by atoms with Crippen molar-refractivity contribution in [2.24, 2.45) is 0 Å². The first-order chi connectivity index (χ1) is 6.88. The van der Waals surface area contributed by atoms with E-state index in [0.717, 1.165) is 11.4 Å². The summed E-state index contributed by atoms with van der Waals surface area (Å²) < 4.78 is 1.85. The van der Waals surface area contributed by atoms with Gasteiger partial charge in [-0.2, -0.15) is 5.10 Å². The lowest BCUT2D eigenvalue weighted by molar-refractivity contribution is 0.673. The number of nitrogens with zero attached hydrogens (tertiary/aromatic N) is 3. The van der Waals surface area contributed by atoms with Gasteiger partial charge in [-0.25, -0.2) is 0 Å². The summed E-state index contributed by atoms with van der Waals surface area (Å²) in [7, 11) is 1.90. The first kappa shape index (κ1) is 8.74. The summed E-state index contributed by atoms with van der Waals surface area (Å²) in [4.78, 5) is 4.26. The van der Waals surface area contributed by atoms with E-state index in [4.69, 9.17) is 0 Å².